The van der Waals surface area contributed by atoms with Crippen LogP contribution in [0.25, 0.3) is 11.1 Å². The summed E-state index contributed by atoms with van der Waals surface area (Å²) in [6.07, 6.45) is 3.93. The van der Waals surface area contributed by atoms with E-state index >= 15 is 0 Å². The highest BCUT2D eigenvalue weighted by Crippen LogP contribution is 2.30. The van der Waals surface area contributed by atoms with E-state index in [0.29, 0.717) is 30.7 Å². The number of nitrogens with one attached hydrogen (secondary N) is 1. The first kappa shape index (κ1) is 27.2. The van der Waals surface area contributed by atoms with Crippen molar-refractivity contribution < 1.29 is 18.3 Å². The zero-order valence-corrected chi connectivity index (χ0v) is 23.2. The number of hydrogen-bond acceptors (Lipinski definition) is 4. The molecule has 0 saturated carbocycles. The second-order valence-corrected chi connectivity index (χ2v) is 12.4. The number of rotatable bonds is 8. The highest BCUT2D eigenvalue weighted by atomic mass is 32.2. The van der Waals surface area contributed by atoms with Crippen molar-refractivity contribution in [1.82, 2.24) is 9.80 Å². The van der Waals surface area contributed by atoms with E-state index in [1.807, 2.05) is 54.6 Å². The van der Waals surface area contributed by atoms with Crippen LogP contribution in [0.1, 0.15) is 37.3 Å². The normalized spacial score (nSPS) is 18.1. The molecule has 1 aliphatic carbocycles. The van der Waals surface area contributed by atoms with Crippen molar-refractivity contribution in [2.24, 2.45) is 5.92 Å². The average molecular weight is 548 g/mol. The quantitative estimate of drug-likeness (QED) is 0.376. The fourth-order valence-corrected chi connectivity index (χ4v) is 7.01. The maximum absolute atomic E-state index is 13.2. The molecule has 3 aromatic carbocycles. The van der Waals surface area contributed by atoms with Crippen LogP contribution < -0.4 is 4.72 Å². The van der Waals surface area contributed by atoms with Crippen molar-refractivity contribution in [3.63, 3.8) is 0 Å². The highest BCUT2D eigenvalue weighted by Gasteiger charge is 2.28. The maximum Gasteiger partial charge on any atom is 0.407 e. The number of likely N-dealkylation sites (tertiary alicyclic amines) is 1. The number of sulfonamides is 1. The number of likely N-dealkylation sites (N-methyl/N-ethyl adjacent to an activating group) is 1. The number of piperidine rings is 1. The fourth-order valence-electron chi connectivity index (χ4n) is 5.96. The summed E-state index contributed by atoms with van der Waals surface area (Å²) in [7, 11) is -3.71. The van der Waals surface area contributed by atoms with Gasteiger partial charge in [-0.3, -0.25) is 4.72 Å². The number of benzene rings is 3. The van der Waals surface area contributed by atoms with Crippen LogP contribution in [0.15, 0.2) is 77.7 Å². The topological polar surface area (TPSA) is 89.9 Å². The van der Waals surface area contributed by atoms with Crippen LogP contribution in [0.4, 0.5) is 10.5 Å². The molecule has 3 aromatic rings. The van der Waals surface area contributed by atoms with E-state index in [9.17, 15) is 18.3 Å². The summed E-state index contributed by atoms with van der Waals surface area (Å²) in [5.41, 5.74) is 5.09. The molecule has 7 nitrogen and oxygen atoms in total. The molecule has 0 aromatic heterocycles. The summed E-state index contributed by atoms with van der Waals surface area (Å²) in [4.78, 5) is 15.5. The van der Waals surface area contributed by atoms with Crippen molar-refractivity contribution in [1.29, 1.82) is 0 Å². The Labute approximate surface area is 231 Å². The Morgan fingerprint density at radius 2 is 1.64 bits per heavy atom. The molecule has 0 spiro atoms. The van der Waals surface area contributed by atoms with Crippen molar-refractivity contribution in [2.75, 3.05) is 30.9 Å². The molecule has 8 heteroatoms. The number of hydrogen-bond donors (Lipinski definition) is 2. The Kier molecular flexibility index (Phi) is 8.23. The first-order valence-corrected chi connectivity index (χ1v) is 15.3. The van der Waals surface area contributed by atoms with Crippen LogP contribution in [-0.2, 0) is 22.9 Å². The largest absolute Gasteiger partial charge is 0.465 e. The number of amides is 1. The highest BCUT2D eigenvalue weighted by molar-refractivity contribution is 7.92. The van der Waals surface area contributed by atoms with Gasteiger partial charge >= 0.3 is 6.09 Å². The fraction of sp³-hybridized carbons (Fsp3) is 0.387. The van der Waals surface area contributed by atoms with Crippen molar-refractivity contribution >= 4 is 21.8 Å². The number of nitrogens with zero attached hydrogens (tertiary/aromatic N) is 2. The number of carbonyl (C=O) groups is 1. The molecule has 1 heterocycles. The molecule has 1 fully saturated rings. The van der Waals surface area contributed by atoms with Gasteiger partial charge in [0.1, 0.15) is 0 Å². The van der Waals surface area contributed by atoms with E-state index in [4.69, 9.17) is 0 Å². The molecular weight excluding hydrogens is 510 g/mol. The van der Waals surface area contributed by atoms with E-state index in [-0.39, 0.29) is 4.90 Å². The molecule has 1 aliphatic heterocycles. The van der Waals surface area contributed by atoms with Crippen LogP contribution in [-0.4, -0.2) is 61.6 Å². The molecule has 2 aliphatic rings. The average Bonchev–Trinajstić information content (AvgIpc) is 2.96. The minimum atomic E-state index is -3.71. The van der Waals surface area contributed by atoms with Gasteiger partial charge in [-0.15, -0.1) is 0 Å². The van der Waals surface area contributed by atoms with Crippen LogP contribution in [0.5, 0.6) is 0 Å². The van der Waals surface area contributed by atoms with Crippen LogP contribution in [0, 0.1) is 5.92 Å². The van der Waals surface area contributed by atoms with Gasteiger partial charge < -0.3 is 14.9 Å². The Morgan fingerprint density at radius 3 is 2.31 bits per heavy atom. The molecule has 0 radical (unpaired) electrons. The van der Waals surface area contributed by atoms with Gasteiger partial charge in [-0.2, -0.15) is 0 Å². The van der Waals surface area contributed by atoms with Gasteiger partial charge in [0.25, 0.3) is 10.0 Å². The van der Waals surface area contributed by atoms with E-state index in [0.717, 1.165) is 56.3 Å². The lowest BCUT2D eigenvalue weighted by Gasteiger charge is -2.39. The zero-order chi connectivity index (χ0) is 27.4. The maximum atomic E-state index is 13.2. The molecule has 1 atom stereocenters. The van der Waals surface area contributed by atoms with E-state index < -0.39 is 16.1 Å². The third kappa shape index (κ3) is 6.45. The smallest absolute Gasteiger partial charge is 0.407 e. The van der Waals surface area contributed by atoms with Crippen LogP contribution in [0.3, 0.4) is 0 Å². The van der Waals surface area contributed by atoms with Gasteiger partial charge in [-0.05, 0) is 91.1 Å². The molecule has 1 unspecified atom stereocenters. The van der Waals surface area contributed by atoms with Gasteiger partial charge in [0.05, 0.1) is 4.90 Å². The molecule has 5 rings (SSSR count). The monoisotopic (exact) mass is 547 g/mol. The lowest BCUT2D eigenvalue weighted by atomic mass is 9.86. The second kappa shape index (κ2) is 11.8. The summed E-state index contributed by atoms with van der Waals surface area (Å²) in [5.74, 6) is 0.508. The van der Waals surface area contributed by atoms with Crippen molar-refractivity contribution in [3.05, 3.63) is 83.9 Å². The van der Waals surface area contributed by atoms with Gasteiger partial charge in [-0.25, -0.2) is 13.2 Å². The molecule has 1 amide bonds. The van der Waals surface area contributed by atoms with Gasteiger partial charge in [-0.1, -0.05) is 55.5 Å². The Bertz CT molecular complexity index is 1390. The standard InChI is InChI=1S/C31H37N3O4S/c1-2-33(22-23-16-18-34(19-17-23)31(35)36)29-13-9-26-8-12-28(20-27(26)21-29)32-39(37,38)30-14-10-25(11-15-30)24-6-4-3-5-7-24/h3-8,10-12,14-15,20,23,29,32H,2,9,13,16-19,21-22H2,1H3,(H,35,36). The first-order chi connectivity index (χ1) is 18.8. The number of fused-ring (bicyclic) bond motifs is 1. The number of anilines is 1. The third-order valence-corrected chi connectivity index (χ3v) is 9.63. The van der Waals surface area contributed by atoms with Crippen molar-refractivity contribution in [3.8, 4) is 11.1 Å². The summed E-state index contributed by atoms with van der Waals surface area (Å²) in [5, 5.41) is 9.23. The third-order valence-electron chi connectivity index (χ3n) is 8.23. The van der Waals surface area contributed by atoms with Crippen LogP contribution in [0.2, 0.25) is 0 Å². The molecule has 2 N–H and O–H groups in total. The Hall–Kier alpha value is -3.36. The zero-order valence-electron chi connectivity index (χ0n) is 22.4. The summed E-state index contributed by atoms with van der Waals surface area (Å²) < 4.78 is 29.1. The van der Waals surface area contributed by atoms with Gasteiger partial charge in [0.2, 0.25) is 0 Å². The summed E-state index contributed by atoms with van der Waals surface area (Å²) in [6.45, 7) is 5.35. The SMILES string of the molecule is CCN(CC1CCN(C(=O)O)CC1)C1CCc2ccc(NS(=O)(=O)c3ccc(-c4ccccc4)cc3)cc2C1. The van der Waals surface area contributed by atoms with E-state index in [2.05, 4.69) is 22.6 Å². The predicted molar refractivity (Wildman–Crippen MR) is 155 cm³/mol. The van der Waals surface area contributed by atoms with E-state index in [1.165, 1.54) is 16.0 Å². The van der Waals surface area contributed by atoms with Crippen molar-refractivity contribution in [2.45, 2.75) is 50.0 Å². The summed E-state index contributed by atoms with van der Waals surface area (Å²) >= 11 is 0. The van der Waals surface area contributed by atoms with Gasteiger partial charge in [0.15, 0.2) is 0 Å². The minimum absolute atomic E-state index is 0.240. The molecular formula is C31H37N3O4S. The molecule has 1 saturated heterocycles. The molecule has 206 valence electrons. The molecule has 0 bridgehead atoms. The molecule has 39 heavy (non-hydrogen) atoms. The summed E-state index contributed by atoms with van der Waals surface area (Å²) in [6, 6.07) is 23.2. The minimum Gasteiger partial charge on any atom is -0.465 e. The van der Waals surface area contributed by atoms with Crippen LogP contribution >= 0.6 is 0 Å². The number of carboxylic acid groups (broad SMARTS) is 1. The lowest BCUT2D eigenvalue weighted by molar-refractivity contribution is 0.101. The van der Waals surface area contributed by atoms with Gasteiger partial charge in [0, 0.05) is 31.4 Å². The Balaban J connectivity index is 1.24. The Morgan fingerprint density at radius 1 is 0.949 bits per heavy atom. The second-order valence-electron chi connectivity index (χ2n) is 10.7. The predicted octanol–water partition coefficient (Wildman–Crippen LogP) is 5.72. The first-order valence-electron chi connectivity index (χ1n) is 13.8. The lowest BCUT2D eigenvalue weighted by Crippen LogP contribution is -2.45. The van der Waals surface area contributed by atoms with E-state index in [1.54, 1.807) is 12.1 Å². The number of aryl methyl sites for hydroxylation is 1.